The predicted molar refractivity (Wildman–Crippen MR) is 78.6 cm³/mol. The molecule has 2 heterocycles. The molecule has 0 bridgehead atoms. The number of benzene rings is 1. The fourth-order valence-corrected chi connectivity index (χ4v) is 2.50. The molecule has 1 N–H and O–H groups in total. The highest BCUT2D eigenvalue weighted by atomic mass is 16.5. The van der Waals surface area contributed by atoms with Crippen LogP contribution in [0.2, 0.25) is 0 Å². The maximum absolute atomic E-state index is 10.6. The summed E-state index contributed by atoms with van der Waals surface area (Å²) in [7, 11) is 0. The van der Waals surface area contributed by atoms with Crippen molar-refractivity contribution >= 4 is 0 Å². The molecule has 0 radical (unpaired) electrons. The van der Waals surface area contributed by atoms with Gasteiger partial charge in [0.2, 0.25) is 0 Å². The van der Waals surface area contributed by atoms with Crippen molar-refractivity contribution in [3.8, 4) is 11.5 Å². The van der Waals surface area contributed by atoms with Crippen LogP contribution in [0.1, 0.15) is 37.3 Å². The number of rotatable bonds is 4. The van der Waals surface area contributed by atoms with Crippen molar-refractivity contribution in [2.24, 2.45) is 0 Å². The molecule has 0 saturated carbocycles. The number of hydrogen-bond acceptors (Lipinski definition) is 4. The van der Waals surface area contributed by atoms with Gasteiger partial charge in [-0.1, -0.05) is 13.0 Å². The lowest BCUT2D eigenvalue weighted by Crippen LogP contribution is -2.10. The van der Waals surface area contributed by atoms with Crippen LogP contribution >= 0.6 is 0 Å². The van der Waals surface area contributed by atoms with E-state index in [-0.39, 0.29) is 0 Å². The topological polar surface area (TPSA) is 56.5 Å². The van der Waals surface area contributed by atoms with Gasteiger partial charge in [0.15, 0.2) is 11.5 Å². The number of aliphatic hydroxyl groups excluding tert-OH is 1. The predicted octanol–water partition coefficient (Wildman–Crippen LogP) is 2.54. The normalized spacial score (nSPS) is 15.5. The summed E-state index contributed by atoms with van der Waals surface area (Å²) >= 11 is 0. The van der Waals surface area contributed by atoms with Gasteiger partial charge in [0.25, 0.3) is 0 Å². The van der Waals surface area contributed by atoms with Crippen molar-refractivity contribution < 1.29 is 14.6 Å². The van der Waals surface area contributed by atoms with Crippen molar-refractivity contribution in [2.45, 2.75) is 32.4 Å². The number of hydrogen-bond donors (Lipinski definition) is 1. The van der Waals surface area contributed by atoms with Gasteiger partial charge in [-0.2, -0.15) is 0 Å². The fraction of sp³-hybridized carbons (Fsp3) is 0.438. The van der Waals surface area contributed by atoms with E-state index in [1.165, 1.54) is 0 Å². The Balaban J connectivity index is 1.89. The van der Waals surface area contributed by atoms with Gasteiger partial charge in [-0.05, 0) is 24.1 Å². The molecule has 1 atom stereocenters. The number of nitrogens with zero attached hydrogens (tertiary/aromatic N) is 2. The maximum atomic E-state index is 10.6. The van der Waals surface area contributed by atoms with Crippen LogP contribution in [-0.2, 0) is 6.54 Å². The molecule has 0 aliphatic carbocycles. The molecule has 0 saturated heterocycles. The van der Waals surface area contributed by atoms with Crippen LogP contribution in [0.3, 0.4) is 0 Å². The lowest BCUT2D eigenvalue weighted by atomic mass is 10.1. The van der Waals surface area contributed by atoms with Crippen molar-refractivity contribution in [2.75, 3.05) is 13.2 Å². The molecule has 112 valence electrons. The van der Waals surface area contributed by atoms with Crippen LogP contribution in [-0.4, -0.2) is 27.9 Å². The molecule has 1 aromatic carbocycles. The van der Waals surface area contributed by atoms with E-state index in [9.17, 15) is 5.11 Å². The average Bonchev–Trinajstić information content (AvgIpc) is 2.82. The summed E-state index contributed by atoms with van der Waals surface area (Å²) < 4.78 is 13.3. The Bertz CT molecular complexity index is 609. The molecule has 5 nitrogen and oxygen atoms in total. The zero-order valence-corrected chi connectivity index (χ0v) is 12.2. The van der Waals surface area contributed by atoms with Crippen molar-refractivity contribution in [1.29, 1.82) is 0 Å². The molecule has 0 spiro atoms. The standard InChI is InChI=1S/C16H20N2O3/c1-2-7-18-8-6-17-16(18)15(19)12-4-5-13-14(11-12)21-10-3-9-20-13/h4-6,8,11,15,19H,2-3,7,9-10H2,1H3. The van der Waals surface area contributed by atoms with E-state index in [4.69, 9.17) is 9.47 Å². The zero-order valence-electron chi connectivity index (χ0n) is 12.2. The second-order valence-electron chi connectivity index (χ2n) is 5.14. The molecule has 5 heteroatoms. The Morgan fingerprint density at radius 3 is 2.90 bits per heavy atom. The SMILES string of the molecule is CCCn1ccnc1C(O)c1ccc2c(c1)OCCCO2. The van der Waals surface area contributed by atoms with E-state index in [0.29, 0.717) is 24.8 Å². The number of imidazole rings is 1. The molecule has 1 aliphatic rings. The Morgan fingerprint density at radius 2 is 2.10 bits per heavy atom. The Labute approximate surface area is 124 Å². The number of aliphatic hydroxyl groups is 1. The average molecular weight is 288 g/mol. The summed E-state index contributed by atoms with van der Waals surface area (Å²) in [5.41, 5.74) is 0.766. The van der Waals surface area contributed by atoms with Gasteiger partial charge in [0.1, 0.15) is 11.9 Å². The van der Waals surface area contributed by atoms with E-state index >= 15 is 0 Å². The first-order chi connectivity index (χ1) is 10.3. The van der Waals surface area contributed by atoms with Gasteiger partial charge < -0.3 is 19.1 Å². The second-order valence-corrected chi connectivity index (χ2v) is 5.14. The molecule has 1 unspecified atom stereocenters. The monoisotopic (exact) mass is 288 g/mol. The van der Waals surface area contributed by atoms with Crippen LogP contribution in [0.5, 0.6) is 11.5 Å². The molecular weight excluding hydrogens is 268 g/mol. The Morgan fingerprint density at radius 1 is 1.29 bits per heavy atom. The number of ether oxygens (including phenoxy) is 2. The highest BCUT2D eigenvalue weighted by molar-refractivity contribution is 5.44. The maximum Gasteiger partial charge on any atom is 0.161 e. The lowest BCUT2D eigenvalue weighted by Gasteiger charge is -2.15. The Kier molecular flexibility index (Phi) is 4.10. The molecule has 1 aliphatic heterocycles. The van der Waals surface area contributed by atoms with E-state index < -0.39 is 6.10 Å². The molecule has 2 aromatic rings. The fourth-order valence-electron chi connectivity index (χ4n) is 2.50. The van der Waals surface area contributed by atoms with Crippen LogP contribution in [0.4, 0.5) is 0 Å². The third-order valence-electron chi connectivity index (χ3n) is 3.54. The first-order valence-corrected chi connectivity index (χ1v) is 7.38. The van der Waals surface area contributed by atoms with Crippen LogP contribution in [0, 0.1) is 0 Å². The third kappa shape index (κ3) is 2.88. The van der Waals surface area contributed by atoms with Gasteiger partial charge in [-0.3, -0.25) is 0 Å². The summed E-state index contributed by atoms with van der Waals surface area (Å²) in [6.45, 7) is 4.24. The molecule has 1 aromatic heterocycles. The molecular formula is C16H20N2O3. The first-order valence-electron chi connectivity index (χ1n) is 7.38. The van der Waals surface area contributed by atoms with Gasteiger partial charge in [0.05, 0.1) is 13.2 Å². The van der Waals surface area contributed by atoms with Crippen molar-refractivity contribution in [1.82, 2.24) is 9.55 Å². The molecule has 0 amide bonds. The molecule has 21 heavy (non-hydrogen) atoms. The van der Waals surface area contributed by atoms with E-state index in [1.807, 2.05) is 29.0 Å². The third-order valence-corrected chi connectivity index (χ3v) is 3.54. The van der Waals surface area contributed by atoms with Crippen LogP contribution in [0.15, 0.2) is 30.6 Å². The minimum Gasteiger partial charge on any atom is -0.490 e. The smallest absolute Gasteiger partial charge is 0.161 e. The summed E-state index contributed by atoms with van der Waals surface area (Å²) in [6, 6.07) is 5.56. The summed E-state index contributed by atoms with van der Waals surface area (Å²) in [5.74, 6) is 2.09. The van der Waals surface area contributed by atoms with Crippen LogP contribution < -0.4 is 9.47 Å². The quantitative estimate of drug-likeness (QED) is 0.939. The number of fused-ring (bicyclic) bond motifs is 1. The van der Waals surface area contributed by atoms with Gasteiger partial charge in [-0.25, -0.2) is 4.98 Å². The summed E-state index contributed by atoms with van der Waals surface area (Å²) in [5, 5.41) is 10.6. The molecule has 0 fully saturated rings. The van der Waals surface area contributed by atoms with Crippen molar-refractivity contribution in [3.05, 3.63) is 42.0 Å². The number of aryl methyl sites for hydroxylation is 1. The first kappa shape index (κ1) is 13.9. The van der Waals surface area contributed by atoms with Gasteiger partial charge >= 0.3 is 0 Å². The number of aromatic nitrogens is 2. The molecule has 3 rings (SSSR count). The summed E-state index contributed by atoms with van der Waals surface area (Å²) in [4.78, 5) is 4.28. The van der Waals surface area contributed by atoms with E-state index in [2.05, 4.69) is 11.9 Å². The van der Waals surface area contributed by atoms with Gasteiger partial charge in [0, 0.05) is 25.4 Å². The minimum absolute atomic E-state index is 0.636. The minimum atomic E-state index is -0.760. The van der Waals surface area contributed by atoms with E-state index in [0.717, 1.165) is 30.7 Å². The van der Waals surface area contributed by atoms with Gasteiger partial charge in [-0.15, -0.1) is 0 Å². The Hall–Kier alpha value is -2.01. The summed E-state index contributed by atoms with van der Waals surface area (Å²) in [6.07, 6.45) is 4.72. The highest BCUT2D eigenvalue weighted by Gasteiger charge is 2.19. The largest absolute Gasteiger partial charge is 0.490 e. The zero-order chi connectivity index (χ0) is 14.7. The second kappa shape index (κ2) is 6.18. The lowest BCUT2D eigenvalue weighted by molar-refractivity contribution is 0.203. The van der Waals surface area contributed by atoms with E-state index in [1.54, 1.807) is 6.20 Å². The van der Waals surface area contributed by atoms with Crippen LogP contribution in [0.25, 0.3) is 0 Å². The van der Waals surface area contributed by atoms with Crippen molar-refractivity contribution in [3.63, 3.8) is 0 Å². The highest BCUT2D eigenvalue weighted by Crippen LogP contribution is 2.33.